The van der Waals surface area contributed by atoms with Crippen LogP contribution in [0.3, 0.4) is 0 Å². The maximum Gasteiger partial charge on any atom is 0.238 e. The maximum atomic E-state index is 13.0. The van der Waals surface area contributed by atoms with Gasteiger partial charge in [0.05, 0.1) is 11.4 Å². The monoisotopic (exact) mass is 379 g/mol. The van der Waals surface area contributed by atoms with Crippen molar-refractivity contribution in [2.75, 3.05) is 13.6 Å². The Bertz CT molecular complexity index is 852. The van der Waals surface area contributed by atoms with E-state index in [1.165, 1.54) is 24.3 Å². The molecule has 26 heavy (non-hydrogen) atoms. The lowest BCUT2D eigenvalue weighted by atomic mass is 10.1. The lowest BCUT2D eigenvalue weighted by molar-refractivity contribution is -0.122. The summed E-state index contributed by atoms with van der Waals surface area (Å²) in [7, 11) is -1.91. The van der Waals surface area contributed by atoms with Crippen LogP contribution in [0.5, 0.6) is 0 Å². The molecule has 0 fully saturated rings. The maximum absolute atomic E-state index is 13.0. The number of hydrogen-bond donors (Lipinski definition) is 2. The van der Waals surface area contributed by atoms with Gasteiger partial charge in [0.15, 0.2) is 0 Å². The zero-order chi connectivity index (χ0) is 19.3. The Morgan fingerprint density at radius 3 is 2.27 bits per heavy atom. The Kier molecular flexibility index (Phi) is 6.47. The molecule has 6 nitrogen and oxygen atoms in total. The molecule has 2 aromatic carbocycles. The van der Waals surface area contributed by atoms with Crippen molar-refractivity contribution in [2.45, 2.75) is 24.4 Å². The third-order valence-electron chi connectivity index (χ3n) is 4.15. The van der Waals surface area contributed by atoms with E-state index in [-0.39, 0.29) is 35.8 Å². The Labute approximate surface area is 152 Å². The molecule has 0 aliphatic rings. The van der Waals surface area contributed by atoms with Crippen molar-refractivity contribution < 1.29 is 17.6 Å². The minimum absolute atomic E-state index is 0.0282. The van der Waals surface area contributed by atoms with Crippen molar-refractivity contribution in [3.63, 3.8) is 0 Å². The molecule has 2 aromatic rings. The van der Waals surface area contributed by atoms with Crippen LogP contribution in [-0.4, -0.2) is 32.8 Å². The van der Waals surface area contributed by atoms with Crippen LogP contribution in [0.2, 0.25) is 0 Å². The predicted molar refractivity (Wildman–Crippen MR) is 97.1 cm³/mol. The third-order valence-corrected chi connectivity index (χ3v) is 5.08. The van der Waals surface area contributed by atoms with Crippen LogP contribution in [-0.2, 0) is 21.4 Å². The first-order valence-electron chi connectivity index (χ1n) is 8.01. The number of carbonyl (C=O) groups excluding carboxylic acids is 1. The molecular formula is C18H22FN3O3S. The van der Waals surface area contributed by atoms with E-state index in [2.05, 4.69) is 5.32 Å². The van der Waals surface area contributed by atoms with Crippen molar-refractivity contribution in [2.24, 2.45) is 5.14 Å². The lowest BCUT2D eigenvalue weighted by Gasteiger charge is -2.24. The van der Waals surface area contributed by atoms with Crippen LogP contribution < -0.4 is 10.5 Å². The highest BCUT2D eigenvalue weighted by molar-refractivity contribution is 7.89. The number of halogens is 1. The number of hydrogen-bond acceptors (Lipinski definition) is 4. The molecule has 0 radical (unpaired) electrons. The second-order valence-electron chi connectivity index (χ2n) is 6.11. The summed E-state index contributed by atoms with van der Waals surface area (Å²) in [6, 6.07) is 12.1. The number of amides is 1. The number of nitrogens with zero attached hydrogens (tertiary/aromatic N) is 1. The van der Waals surface area contributed by atoms with Gasteiger partial charge in [-0.2, -0.15) is 0 Å². The number of sulfonamides is 1. The van der Waals surface area contributed by atoms with Gasteiger partial charge >= 0.3 is 0 Å². The molecule has 2 rings (SSSR count). The second-order valence-corrected chi connectivity index (χ2v) is 7.67. The highest BCUT2D eigenvalue weighted by Gasteiger charge is 2.15. The first-order valence-corrected chi connectivity index (χ1v) is 9.55. The van der Waals surface area contributed by atoms with E-state index in [0.29, 0.717) is 0 Å². The van der Waals surface area contributed by atoms with Gasteiger partial charge in [0, 0.05) is 12.6 Å². The topological polar surface area (TPSA) is 92.5 Å². The number of rotatable bonds is 7. The first kappa shape index (κ1) is 20.0. The number of benzene rings is 2. The minimum Gasteiger partial charge on any atom is -0.351 e. The molecule has 1 unspecified atom stereocenters. The fourth-order valence-corrected chi connectivity index (χ4v) is 2.93. The molecular weight excluding hydrogens is 357 g/mol. The summed E-state index contributed by atoms with van der Waals surface area (Å²) in [5.74, 6) is -0.466. The fourth-order valence-electron chi connectivity index (χ4n) is 2.41. The van der Waals surface area contributed by atoms with Crippen LogP contribution in [0.1, 0.15) is 24.1 Å². The number of likely N-dealkylation sites (N-methyl/N-ethyl adjacent to an activating group) is 1. The van der Waals surface area contributed by atoms with Crippen molar-refractivity contribution in [1.82, 2.24) is 10.2 Å². The molecule has 1 amide bonds. The van der Waals surface area contributed by atoms with Gasteiger partial charge in [0.1, 0.15) is 5.82 Å². The summed E-state index contributed by atoms with van der Waals surface area (Å²) in [5, 5.41) is 7.83. The van der Waals surface area contributed by atoms with Gasteiger partial charge in [-0.1, -0.05) is 24.3 Å². The Morgan fingerprint density at radius 1 is 1.15 bits per heavy atom. The van der Waals surface area contributed by atoms with Gasteiger partial charge < -0.3 is 5.32 Å². The predicted octanol–water partition coefficient (Wildman–Crippen LogP) is 1.78. The molecule has 0 spiro atoms. The molecule has 0 saturated heterocycles. The van der Waals surface area contributed by atoms with E-state index < -0.39 is 10.0 Å². The summed E-state index contributed by atoms with van der Waals surface area (Å²) in [5.41, 5.74) is 1.68. The fraction of sp³-hybridized carbons (Fsp3) is 0.278. The summed E-state index contributed by atoms with van der Waals surface area (Å²) < 4.78 is 35.4. The molecule has 0 aromatic heterocycles. The quantitative estimate of drug-likeness (QED) is 0.767. The van der Waals surface area contributed by atoms with Gasteiger partial charge in [-0.05, 0) is 49.4 Å². The third kappa shape index (κ3) is 5.62. The van der Waals surface area contributed by atoms with Crippen molar-refractivity contribution in [1.29, 1.82) is 0 Å². The molecule has 3 N–H and O–H groups in total. The van der Waals surface area contributed by atoms with Gasteiger partial charge in [0.2, 0.25) is 15.9 Å². The Hall–Kier alpha value is -2.29. The van der Waals surface area contributed by atoms with Gasteiger partial charge in [-0.3, -0.25) is 9.69 Å². The van der Waals surface area contributed by atoms with E-state index in [1.807, 2.05) is 18.9 Å². The number of nitrogens with two attached hydrogens (primary N) is 1. The highest BCUT2D eigenvalue weighted by atomic mass is 32.2. The zero-order valence-corrected chi connectivity index (χ0v) is 15.5. The number of primary sulfonamides is 1. The number of carbonyl (C=O) groups is 1. The van der Waals surface area contributed by atoms with Crippen LogP contribution in [0.15, 0.2) is 53.4 Å². The number of nitrogens with one attached hydrogen (secondary N) is 1. The molecule has 0 heterocycles. The summed E-state index contributed by atoms with van der Waals surface area (Å²) in [6.07, 6.45) is 0. The normalized spacial score (nSPS) is 12.8. The smallest absolute Gasteiger partial charge is 0.238 e. The van der Waals surface area contributed by atoms with Gasteiger partial charge in [-0.25, -0.2) is 17.9 Å². The lowest BCUT2D eigenvalue weighted by Crippen LogP contribution is -2.36. The molecule has 140 valence electrons. The van der Waals surface area contributed by atoms with Gasteiger partial charge in [-0.15, -0.1) is 0 Å². The van der Waals surface area contributed by atoms with E-state index in [4.69, 9.17) is 5.14 Å². The van der Waals surface area contributed by atoms with Crippen LogP contribution in [0, 0.1) is 5.82 Å². The van der Waals surface area contributed by atoms with E-state index in [9.17, 15) is 17.6 Å². The van der Waals surface area contributed by atoms with Crippen LogP contribution in [0.4, 0.5) is 4.39 Å². The molecule has 1 atom stereocenters. The average Bonchev–Trinajstić information content (AvgIpc) is 2.59. The van der Waals surface area contributed by atoms with Crippen LogP contribution in [0.25, 0.3) is 0 Å². The molecule has 0 aliphatic carbocycles. The zero-order valence-electron chi connectivity index (χ0n) is 14.6. The van der Waals surface area contributed by atoms with Crippen molar-refractivity contribution in [3.8, 4) is 0 Å². The Balaban J connectivity index is 1.87. The van der Waals surface area contributed by atoms with Crippen molar-refractivity contribution in [3.05, 3.63) is 65.5 Å². The molecule has 0 saturated carbocycles. The SMILES string of the molecule is CC(c1ccc(F)cc1)N(C)CC(=O)NCc1ccc(S(N)(=O)=O)cc1. The van der Waals surface area contributed by atoms with Crippen LogP contribution >= 0.6 is 0 Å². The second kappa shape index (κ2) is 8.39. The van der Waals surface area contributed by atoms with E-state index in [0.717, 1.165) is 11.1 Å². The Morgan fingerprint density at radius 2 is 1.73 bits per heavy atom. The standard InChI is InChI=1S/C18H22FN3O3S/c1-13(15-5-7-16(19)8-6-15)22(2)12-18(23)21-11-14-3-9-17(10-4-14)26(20,24)25/h3-10,13H,11-12H2,1-2H3,(H,21,23)(H2,20,24,25). The molecule has 0 aliphatic heterocycles. The van der Waals surface area contributed by atoms with Gasteiger partial charge in [0.25, 0.3) is 0 Å². The molecule has 0 bridgehead atoms. The highest BCUT2D eigenvalue weighted by Crippen LogP contribution is 2.18. The summed E-state index contributed by atoms with van der Waals surface area (Å²) in [4.78, 5) is 14.0. The largest absolute Gasteiger partial charge is 0.351 e. The molecule has 8 heteroatoms. The summed E-state index contributed by atoms with van der Waals surface area (Å²) in [6.45, 7) is 2.39. The first-order chi connectivity index (χ1) is 12.2. The minimum atomic E-state index is -3.72. The summed E-state index contributed by atoms with van der Waals surface area (Å²) >= 11 is 0. The van der Waals surface area contributed by atoms with E-state index in [1.54, 1.807) is 24.3 Å². The average molecular weight is 379 g/mol. The van der Waals surface area contributed by atoms with E-state index >= 15 is 0 Å². The van der Waals surface area contributed by atoms with Crippen molar-refractivity contribution >= 4 is 15.9 Å².